The summed E-state index contributed by atoms with van der Waals surface area (Å²) in [4.78, 5) is 4.63. The van der Waals surface area contributed by atoms with Crippen LogP contribution in [0.15, 0.2) is 18.2 Å². The molecule has 114 valence electrons. The molecule has 0 saturated carbocycles. The van der Waals surface area contributed by atoms with Crippen LogP contribution in [0.2, 0.25) is 0 Å². The van der Waals surface area contributed by atoms with Crippen LogP contribution < -0.4 is 0 Å². The second-order valence-corrected chi connectivity index (χ2v) is 9.09. The first-order valence-corrected chi connectivity index (χ1v) is 9.32. The van der Waals surface area contributed by atoms with Gasteiger partial charge in [-0.3, -0.25) is 0 Å². The van der Waals surface area contributed by atoms with Crippen LogP contribution in [0.1, 0.15) is 37.0 Å². The van der Waals surface area contributed by atoms with Gasteiger partial charge in [0.1, 0.15) is 5.82 Å². The highest BCUT2D eigenvalue weighted by atomic mass is 35.5. The van der Waals surface area contributed by atoms with Gasteiger partial charge in [-0.2, -0.15) is 0 Å². The van der Waals surface area contributed by atoms with Crippen LogP contribution >= 0.6 is 11.6 Å². The molecule has 0 radical (unpaired) electrons. The number of alkyl halides is 1. The van der Waals surface area contributed by atoms with Crippen LogP contribution in [0.3, 0.4) is 0 Å². The molecule has 2 atom stereocenters. The SMILES string of the molecule is Cc1ccc2nc(C(C)Cl)n(C3(C)CCS(=O)(=O)C3)c2c1. The Bertz CT molecular complexity index is 810. The Balaban J connectivity index is 2.29. The molecular weight excluding hydrogens is 308 g/mol. The van der Waals surface area contributed by atoms with Crippen LogP contribution in [0.5, 0.6) is 0 Å². The van der Waals surface area contributed by atoms with E-state index in [1.165, 1.54) is 0 Å². The van der Waals surface area contributed by atoms with Gasteiger partial charge < -0.3 is 4.57 Å². The topological polar surface area (TPSA) is 52.0 Å². The van der Waals surface area contributed by atoms with Gasteiger partial charge in [-0.25, -0.2) is 13.4 Å². The van der Waals surface area contributed by atoms with Crippen molar-refractivity contribution < 1.29 is 8.42 Å². The van der Waals surface area contributed by atoms with Crippen molar-refractivity contribution >= 4 is 32.5 Å². The molecule has 1 saturated heterocycles. The third kappa shape index (κ3) is 2.46. The molecule has 0 amide bonds. The molecule has 0 aliphatic carbocycles. The molecule has 2 heterocycles. The molecule has 1 aromatic heterocycles. The number of aromatic nitrogens is 2. The third-order valence-electron chi connectivity index (χ3n) is 4.21. The van der Waals surface area contributed by atoms with E-state index in [2.05, 4.69) is 15.6 Å². The van der Waals surface area contributed by atoms with E-state index in [0.717, 1.165) is 22.4 Å². The largest absolute Gasteiger partial charge is 0.320 e. The van der Waals surface area contributed by atoms with Gasteiger partial charge in [0, 0.05) is 0 Å². The van der Waals surface area contributed by atoms with Gasteiger partial charge in [0.05, 0.1) is 33.5 Å². The van der Waals surface area contributed by atoms with Crippen molar-refractivity contribution in [2.45, 2.75) is 38.1 Å². The zero-order valence-electron chi connectivity index (χ0n) is 12.4. The number of fused-ring (bicyclic) bond motifs is 1. The van der Waals surface area contributed by atoms with E-state index in [9.17, 15) is 8.42 Å². The lowest BCUT2D eigenvalue weighted by Gasteiger charge is -2.28. The van der Waals surface area contributed by atoms with E-state index < -0.39 is 15.4 Å². The molecule has 1 aliphatic rings. The quantitative estimate of drug-likeness (QED) is 0.796. The molecule has 3 rings (SSSR count). The Kier molecular flexibility index (Phi) is 3.33. The first-order valence-electron chi connectivity index (χ1n) is 7.06. The lowest BCUT2D eigenvalue weighted by atomic mass is 10.0. The first kappa shape index (κ1) is 14.9. The third-order valence-corrected chi connectivity index (χ3v) is 6.30. The smallest absolute Gasteiger partial charge is 0.152 e. The van der Waals surface area contributed by atoms with E-state index >= 15 is 0 Å². The zero-order valence-corrected chi connectivity index (χ0v) is 14.0. The summed E-state index contributed by atoms with van der Waals surface area (Å²) in [5.74, 6) is 1.12. The van der Waals surface area contributed by atoms with Crippen LogP contribution in [0, 0.1) is 6.92 Å². The van der Waals surface area contributed by atoms with Crippen LogP contribution in [0.4, 0.5) is 0 Å². The van der Waals surface area contributed by atoms with Crippen molar-refractivity contribution in [2.75, 3.05) is 11.5 Å². The summed E-state index contributed by atoms with van der Waals surface area (Å²) in [5, 5.41) is -0.266. The number of aryl methyl sites for hydroxylation is 1. The Morgan fingerprint density at radius 1 is 1.43 bits per heavy atom. The lowest BCUT2D eigenvalue weighted by Crippen LogP contribution is -2.33. The van der Waals surface area contributed by atoms with E-state index in [-0.39, 0.29) is 16.9 Å². The van der Waals surface area contributed by atoms with E-state index in [0.29, 0.717) is 6.42 Å². The second-order valence-electron chi connectivity index (χ2n) is 6.25. The minimum absolute atomic E-state index is 0.149. The number of sulfone groups is 1. The van der Waals surface area contributed by atoms with Gasteiger partial charge in [-0.1, -0.05) is 6.07 Å². The number of nitrogens with zero attached hydrogens (tertiary/aromatic N) is 2. The van der Waals surface area contributed by atoms with E-state index in [1.807, 2.05) is 32.9 Å². The van der Waals surface area contributed by atoms with Crippen LogP contribution in [-0.4, -0.2) is 29.5 Å². The van der Waals surface area contributed by atoms with Crippen molar-refractivity contribution in [3.05, 3.63) is 29.6 Å². The van der Waals surface area contributed by atoms with Gasteiger partial charge in [0.25, 0.3) is 0 Å². The minimum atomic E-state index is -2.99. The minimum Gasteiger partial charge on any atom is -0.320 e. The molecule has 2 aromatic rings. The summed E-state index contributed by atoms with van der Waals surface area (Å²) in [6.07, 6.45) is 0.603. The maximum atomic E-state index is 12.0. The number of rotatable bonds is 2. The molecule has 1 aromatic carbocycles. The predicted molar refractivity (Wildman–Crippen MR) is 85.7 cm³/mol. The zero-order chi connectivity index (χ0) is 15.4. The van der Waals surface area contributed by atoms with Crippen molar-refractivity contribution in [3.63, 3.8) is 0 Å². The number of halogens is 1. The summed E-state index contributed by atoms with van der Waals surface area (Å²) in [7, 11) is -2.99. The predicted octanol–water partition coefficient (Wildman–Crippen LogP) is 3.18. The molecule has 6 heteroatoms. The molecule has 0 N–H and O–H groups in total. The van der Waals surface area contributed by atoms with Gasteiger partial charge in [0.2, 0.25) is 0 Å². The first-order chi connectivity index (χ1) is 9.72. The maximum Gasteiger partial charge on any atom is 0.152 e. The molecule has 4 nitrogen and oxygen atoms in total. The van der Waals surface area contributed by atoms with Crippen molar-refractivity contribution in [1.29, 1.82) is 0 Å². The Labute approximate surface area is 130 Å². The van der Waals surface area contributed by atoms with E-state index in [4.69, 9.17) is 11.6 Å². The summed E-state index contributed by atoms with van der Waals surface area (Å²) in [5.41, 5.74) is 2.49. The number of hydrogen-bond acceptors (Lipinski definition) is 3. The van der Waals surface area contributed by atoms with Crippen molar-refractivity contribution in [3.8, 4) is 0 Å². The Morgan fingerprint density at radius 2 is 2.14 bits per heavy atom. The van der Waals surface area contributed by atoms with Crippen molar-refractivity contribution in [2.24, 2.45) is 0 Å². The Morgan fingerprint density at radius 3 is 2.71 bits per heavy atom. The fourth-order valence-electron chi connectivity index (χ4n) is 3.21. The summed E-state index contributed by atoms with van der Waals surface area (Å²) in [6, 6.07) is 6.04. The highest BCUT2D eigenvalue weighted by molar-refractivity contribution is 7.91. The molecule has 1 aliphatic heterocycles. The van der Waals surface area contributed by atoms with Gasteiger partial charge in [-0.05, 0) is 44.9 Å². The molecule has 21 heavy (non-hydrogen) atoms. The molecular formula is C15H19ClN2O2S. The average Bonchev–Trinajstić information content (AvgIpc) is 2.87. The summed E-state index contributed by atoms with van der Waals surface area (Å²) < 4.78 is 26.0. The highest BCUT2D eigenvalue weighted by Crippen LogP contribution is 2.37. The van der Waals surface area contributed by atoms with Crippen molar-refractivity contribution in [1.82, 2.24) is 9.55 Å². The van der Waals surface area contributed by atoms with E-state index in [1.54, 1.807) is 0 Å². The second kappa shape index (κ2) is 4.71. The summed E-state index contributed by atoms with van der Waals surface area (Å²) >= 11 is 6.30. The van der Waals surface area contributed by atoms with Gasteiger partial charge >= 0.3 is 0 Å². The fourth-order valence-corrected chi connectivity index (χ4v) is 5.47. The van der Waals surface area contributed by atoms with Gasteiger partial charge in [-0.15, -0.1) is 11.6 Å². The summed E-state index contributed by atoms with van der Waals surface area (Å²) in [6.45, 7) is 5.89. The Hall–Kier alpha value is -1.07. The molecule has 2 unspecified atom stereocenters. The monoisotopic (exact) mass is 326 g/mol. The molecule has 0 spiro atoms. The standard InChI is InChI=1S/C15H19ClN2O2S/c1-10-4-5-12-13(8-10)18(14(17-12)11(2)16)15(3)6-7-21(19,20)9-15/h4-5,8,11H,6-7,9H2,1-3H3. The van der Waals surface area contributed by atoms with Gasteiger partial charge in [0.15, 0.2) is 9.84 Å². The number of benzene rings is 1. The maximum absolute atomic E-state index is 12.0. The fraction of sp³-hybridized carbons (Fsp3) is 0.533. The lowest BCUT2D eigenvalue weighted by molar-refractivity contribution is 0.363. The average molecular weight is 327 g/mol. The number of hydrogen-bond donors (Lipinski definition) is 0. The molecule has 1 fully saturated rings. The highest BCUT2D eigenvalue weighted by Gasteiger charge is 2.42. The normalized spacial score (nSPS) is 26.3. The number of imidazole rings is 1. The van der Waals surface area contributed by atoms with Crippen LogP contribution in [-0.2, 0) is 15.4 Å². The molecule has 0 bridgehead atoms. The van der Waals surface area contributed by atoms with Crippen LogP contribution in [0.25, 0.3) is 11.0 Å².